The minimum Gasteiger partial charge on any atom is -0.391 e. The SMILES string of the molecule is CC1(C(O)Cc2cc(F)ccc2Br)CCCS1. The van der Waals surface area contributed by atoms with Gasteiger partial charge in [-0.1, -0.05) is 15.9 Å². The summed E-state index contributed by atoms with van der Waals surface area (Å²) in [5.41, 5.74) is 0.839. The molecule has 1 aromatic carbocycles. The minimum absolute atomic E-state index is 0.0776. The molecule has 0 bridgehead atoms. The summed E-state index contributed by atoms with van der Waals surface area (Å²) in [5.74, 6) is 0.859. The van der Waals surface area contributed by atoms with E-state index in [1.54, 1.807) is 6.07 Å². The number of rotatable bonds is 3. The van der Waals surface area contributed by atoms with Crippen LogP contribution >= 0.6 is 27.7 Å². The van der Waals surface area contributed by atoms with Gasteiger partial charge in [0.1, 0.15) is 5.82 Å². The van der Waals surface area contributed by atoms with Crippen molar-refractivity contribution >= 4 is 27.7 Å². The van der Waals surface area contributed by atoms with E-state index in [1.165, 1.54) is 12.1 Å². The van der Waals surface area contributed by atoms with E-state index in [0.29, 0.717) is 6.42 Å². The average Bonchev–Trinajstić information content (AvgIpc) is 2.72. The van der Waals surface area contributed by atoms with Crippen molar-refractivity contribution in [3.8, 4) is 0 Å². The smallest absolute Gasteiger partial charge is 0.123 e. The Hall–Kier alpha value is -0.0600. The van der Waals surface area contributed by atoms with Crippen molar-refractivity contribution in [1.29, 1.82) is 0 Å². The summed E-state index contributed by atoms with van der Waals surface area (Å²) >= 11 is 5.22. The van der Waals surface area contributed by atoms with Gasteiger partial charge >= 0.3 is 0 Å². The molecule has 1 aromatic rings. The number of thioether (sulfide) groups is 1. The molecule has 2 atom stereocenters. The maximum absolute atomic E-state index is 13.2. The van der Waals surface area contributed by atoms with Gasteiger partial charge in [0.2, 0.25) is 0 Å². The molecule has 2 rings (SSSR count). The van der Waals surface area contributed by atoms with Crippen LogP contribution in [0.4, 0.5) is 4.39 Å². The van der Waals surface area contributed by atoms with Gasteiger partial charge in [-0.2, -0.15) is 11.8 Å². The zero-order chi connectivity index (χ0) is 12.5. The predicted molar refractivity (Wildman–Crippen MR) is 73.9 cm³/mol. The molecule has 0 radical (unpaired) electrons. The Labute approximate surface area is 114 Å². The van der Waals surface area contributed by atoms with Crippen molar-refractivity contribution in [3.05, 3.63) is 34.1 Å². The van der Waals surface area contributed by atoms with Crippen molar-refractivity contribution in [2.45, 2.75) is 37.0 Å². The van der Waals surface area contributed by atoms with E-state index in [1.807, 2.05) is 11.8 Å². The van der Waals surface area contributed by atoms with Gasteiger partial charge < -0.3 is 5.11 Å². The van der Waals surface area contributed by atoms with Crippen molar-refractivity contribution in [3.63, 3.8) is 0 Å². The van der Waals surface area contributed by atoms with E-state index in [0.717, 1.165) is 28.6 Å². The molecular formula is C13H16BrFOS. The highest BCUT2D eigenvalue weighted by molar-refractivity contribution is 9.10. The Morgan fingerprint density at radius 2 is 2.35 bits per heavy atom. The lowest BCUT2D eigenvalue weighted by Gasteiger charge is -2.29. The van der Waals surface area contributed by atoms with E-state index in [9.17, 15) is 9.50 Å². The van der Waals surface area contributed by atoms with Gasteiger partial charge in [-0.15, -0.1) is 0 Å². The highest BCUT2D eigenvalue weighted by atomic mass is 79.9. The van der Waals surface area contributed by atoms with Crippen LogP contribution in [-0.4, -0.2) is 21.7 Å². The van der Waals surface area contributed by atoms with Gasteiger partial charge in [0.25, 0.3) is 0 Å². The predicted octanol–water partition coefficient (Wildman–Crippen LogP) is 3.78. The first-order valence-electron chi connectivity index (χ1n) is 5.77. The molecule has 0 aromatic heterocycles. The van der Waals surface area contributed by atoms with Gasteiger partial charge in [0.15, 0.2) is 0 Å². The van der Waals surface area contributed by atoms with Crippen LogP contribution in [-0.2, 0) is 6.42 Å². The third kappa shape index (κ3) is 3.04. The molecule has 0 spiro atoms. The summed E-state index contributed by atoms with van der Waals surface area (Å²) in [4.78, 5) is 0. The Morgan fingerprint density at radius 1 is 1.59 bits per heavy atom. The molecular weight excluding hydrogens is 303 g/mol. The topological polar surface area (TPSA) is 20.2 Å². The first kappa shape index (κ1) is 13.4. The zero-order valence-electron chi connectivity index (χ0n) is 9.75. The highest BCUT2D eigenvalue weighted by Crippen LogP contribution is 2.41. The summed E-state index contributed by atoms with van der Waals surface area (Å²) in [5, 5.41) is 10.3. The van der Waals surface area contributed by atoms with Crippen LogP contribution in [0.15, 0.2) is 22.7 Å². The molecule has 2 unspecified atom stereocenters. The van der Waals surface area contributed by atoms with Gasteiger partial charge in [0, 0.05) is 15.6 Å². The van der Waals surface area contributed by atoms with Crippen LogP contribution < -0.4 is 0 Å². The molecule has 1 fully saturated rings. The fourth-order valence-electron chi connectivity index (χ4n) is 2.19. The second-order valence-electron chi connectivity index (χ2n) is 4.72. The fourth-order valence-corrected chi connectivity index (χ4v) is 3.92. The summed E-state index contributed by atoms with van der Waals surface area (Å²) in [6, 6.07) is 4.61. The standard InChI is InChI=1S/C13H16BrFOS/c1-13(5-2-6-17-13)12(16)8-9-7-10(15)3-4-11(9)14/h3-4,7,12,16H,2,5-6,8H2,1H3. The Balaban J connectivity index is 2.12. The Bertz CT molecular complexity index is 404. The molecule has 0 saturated carbocycles. The molecule has 94 valence electrons. The quantitative estimate of drug-likeness (QED) is 0.915. The van der Waals surface area contributed by atoms with Crippen molar-refractivity contribution in [2.75, 3.05) is 5.75 Å². The molecule has 4 heteroatoms. The molecule has 1 N–H and O–H groups in total. The zero-order valence-corrected chi connectivity index (χ0v) is 12.2. The van der Waals surface area contributed by atoms with Crippen LogP contribution in [0.3, 0.4) is 0 Å². The lowest BCUT2D eigenvalue weighted by Crippen LogP contribution is -2.35. The molecule has 1 saturated heterocycles. The fraction of sp³-hybridized carbons (Fsp3) is 0.538. The Kier molecular flexibility index (Phi) is 4.16. The second kappa shape index (κ2) is 5.29. The van der Waals surface area contributed by atoms with E-state index in [-0.39, 0.29) is 10.6 Å². The van der Waals surface area contributed by atoms with Gasteiger partial charge in [-0.25, -0.2) is 4.39 Å². The molecule has 0 amide bonds. The molecule has 1 heterocycles. The van der Waals surface area contributed by atoms with Gasteiger partial charge in [-0.05, 0) is 49.3 Å². The van der Waals surface area contributed by atoms with Crippen molar-refractivity contribution in [2.24, 2.45) is 0 Å². The molecule has 1 aliphatic heterocycles. The van der Waals surface area contributed by atoms with E-state index >= 15 is 0 Å². The van der Waals surface area contributed by atoms with Gasteiger partial charge in [-0.3, -0.25) is 0 Å². The maximum Gasteiger partial charge on any atom is 0.123 e. The minimum atomic E-state index is -0.423. The normalized spacial score (nSPS) is 26.1. The van der Waals surface area contributed by atoms with Crippen molar-refractivity contribution < 1.29 is 9.50 Å². The average molecular weight is 319 g/mol. The lowest BCUT2D eigenvalue weighted by molar-refractivity contribution is 0.133. The highest BCUT2D eigenvalue weighted by Gasteiger charge is 2.36. The number of benzene rings is 1. The molecule has 17 heavy (non-hydrogen) atoms. The maximum atomic E-state index is 13.2. The number of aliphatic hydroxyl groups excluding tert-OH is 1. The largest absolute Gasteiger partial charge is 0.391 e. The van der Waals surface area contributed by atoms with E-state index in [2.05, 4.69) is 22.9 Å². The number of aliphatic hydroxyl groups is 1. The first-order chi connectivity index (χ1) is 8.01. The third-order valence-corrected chi connectivity index (χ3v) is 5.78. The Morgan fingerprint density at radius 3 is 3.00 bits per heavy atom. The molecule has 0 aliphatic carbocycles. The molecule has 1 nitrogen and oxygen atoms in total. The van der Waals surface area contributed by atoms with Crippen molar-refractivity contribution in [1.82, 2.24) is 0 Å². The number of hydrogen-bond acceptors (Lipinski definition) is 2. The third-order valence-electron chi connectivity index (χ3n) is 3.38. The number of hydrogen-bond donors (Lipinski definition) is 1. The van der Waals surface area contributed by atoms with Crippen LogP contribution in [0.2, 0.25) is 0 Å². The van der Waals surface area contributed by atoms with Crippen LogP contribution in [0.25, 0.3) is 0 Å². The van der Waals surface area contributed by atoms with Crippen LogP contribution in [0.5, 0.6) is 0 Å². The second-order valence-corrected chi connectivity index (χ2v) is 7.20. The monoisotopic (exact) mass is 318 g/mol. The lowest BCUT2D eigenvalue weighted by atomic mass is 9.93. The summed E-state index contributed by atoms with van der Waals surface area (Å²) in [6.07, 6.45) is 2.27. The summed E-state index contributed by atoms with van der Waals surface area (Å²) in [7, 11) is 0. The van der Waals surface area contributed by atoms with Crippen LogP contribution in [0, 0.1) is 5.82 Å². The van der Waals surface area contributed by atoms with E-state index in [4.69, 9.17) is 0 Å². The van der Waals surface area contributed by atoms with Gasteiger partial charge in [0.05, 0.1) is 6.10 Å². The summed E-state index contributed by atoms with van der Waals surface area (Å²) < 4.78 is 14.0. The number of halogens is 2. The first-order valence-corrected chi connectivity index (χ1v) is 7.55. The van der Waals surface area contributed by atoms with Crippen LogP contribution in [0.1, 0.15) is 25.3 Å². The summed E-state index contributed by atoms with van der Waals surface area (Å²) in [6.45, 7) is 2.10. The van der Waals surface area contributed by atoms with E-state index < -0.39 is 6.10 Å². The molecule has 1 aliphatic rings.